The van der Waals surface area contributed by atoms with Crippen LogP contribution >= 0.6 is 0 Å². The number of ether oxygens (including phenoxy) is 1. The minimum atomic E-state index is 0.579. The normalized spacial score (nSPS) is 21.0. The maximum atomic E-state index is 5.70. The average Bonchev–Trinajstić information content (AvgIpc) is 2.35. The second-order valence-corrected chi connectivity index (χ2v) is 4.35. The van der Waals surface area contributed by atoms with Gasteiger partial charge in [0.25, 0.3) is 0 Å². The van der Waals surface area contributed by atoms with Gasteiger partial charge in [-0.2, -0.15) is 0 Å². The molecule has 1 aliphatic heterocycles. The van der Waals surface area contributed by atoms with Crippen LogP contribution in [-0.2, 0) is 0 Å². The lowest BCUT2D eigenvalue weighted by Gasteiger charge is -2.32. The molecule has 16 heavy (non-hydrogen) atoms. The van der Waals surface area contributed by atoms with Gasteiger partial charge in [-0.3, -0.25) is 0 Å². The fourth-order valence-electron chi connectivity index (χ4n) is 2.62. The summed E-state index contributed by atoms with van der Waals surface area (Å²) in [6.45, 7) is 6.32. The van der Waals surface area contributed by atoms with Gasteiger partial charge in [0.2, 0.25) is 0 Å². The zero-order valence-corrected chi connectivity index (χ0v) is 10.2. The zero-order valence-electron chi connectivity index (χ0n) is 10.2. The quantitative estimate of drug-likeness (QED) is 0.840. The van der Waals surface area contributed by atoms with Crippen molar-refractivity contribution in [1.29, 1.82) is 0 Å². The third kappa shape index (κ3) is 2.22. The van der Waals surface area contributed by atoms with Gasteiger partial charge < -0.3 is 10.1 Å². The number of rotatable bonds is 4. The van der Waals surface area contributed by atoms with Crippen molar-refractivity contribution in [1.82, 2.24) is 5.32 Å². The van der Waals surface area contributed by atoms with Crippen molar-refractivity contribution in [3.8, 4) is 5.75 Å². The van der Waals surface area contributed by atoms with Crippen molar-refractivity contribution in [2.24, 2.45) is 0 Å². The molecular formula is C14H21NO. The molecular weight excluding hydrogens is 198 g/mol. The Morgan fingerprint density at radius 3 is 2.94 bits per heavy atom. The predicted molar refractivity (Wildman–Crippen MR) is 67.1 cm³/mol. The third-order valence-electron chi connectivity index (χ3n) is 3.40. The number of nitrogens with one attached hydrogen (secondary N) is 1. The average molecular weight is 219 g/mol. The summed E-state index contributed by atoms with van der Waals surface area (Å²) in [7, 11) is 0. The molecule has 2 nitrogen and oxygen atoms in total. The fraction of sp³-hybridized carbons (Fsp3) is 0.571. The molecule has 1 N–H and O–H groups in total. The minimum Gasteiger partial charge on any atom is -0.493 e. The first-order valence-corrected chi connectivity index (χ1v) is 6.32. The van der Waals surface area contributed by atoms with Gasteiger partial charge in [-0.15, -0.1) is 0 Å². The van der Waals surface area contributed by atoms with Crippen LogP contribution in [0.15, 0.2) is 24.3 Å². The molecule has 2 rings (SSSR count). The van der Waals surface area contributed by atoms with E-state index in [1.165, 1.54) is 12.0 Å². The van der Waals surface area contributed by atoms with Crippen LogP contribution in [0.5, 0.6) is 5.75 Å². The van der Waals surface area contributed by atoms with E-state index < -0.39 is 0 Å². The molecule has 2 unspecified atom stereocenters. The SMILES string of the molecule is CCNC(CC)C1CCOc2ccccc21. The molecule has 1 aliphatic rings. The summed E-state index contributed by atoms with van der Waals surface area (Å²) in [4.78, 5) is 0. The molecule has 1 aromatic rings. The number of fused-ring (bicyclic) bond motifs is 1. The summed E-state index contributed by atoms with van der Waals surface area (Å²) in [6, 6.07) is 9.03. The Morgan fingerprint density at radius 2 is 2.19 bits per heavy atom. The first-order chi connectivity index (χ1) is 7.86. The van der Waals surface area contributed by atoms with Crippen molar-refractivity contribution in [3.05, 3.63) is 29.8 Å². The Morgan fingerprint density at radius 1 is 1.38 bits per heavy atom. The molecule has 1 heterocycles. The van der Waals surface area contributed by atoms with Crippen LogP contribution in [0, 0.1) is 0 Å². The smallest absolute Gasteiger partial charge is 0.122 e. The summed E-state index contributed by atoms with van der Waals surface area (Å²) < 4.78 is 5.70. The Balaban J connectivity index is 2.23. The highest BCUT2D eigenvalue weighted by atomic mass is 16.5. The Bertz CT molecular complexity index is 337. The van der Waals surface area contributed by atoms with Crippen LogP contribution in [0.2, 0.25) is 0 Å². The summed E-state index contributed by atoms with van der Waals surface area (Å²) in [6.07, 6.45) is 2.30. The van der Waals surface area contributed by atoms with E-state index in [0.717, 1.165) is 25.3 Å². The number of hydrogen-bond donors (Lipinski definition) is 1. The molecule has 2 heteroatoms. The molecule has 0 aromatic heterocycles. The second-order valence-electron chi connectivity index (χ2n) is 4.35. The second kappa shape index (κ2) is 5.35. The molecule has 0 saturated carbocycles. The van der Waals surface area contributed by atoms with Crippen LogP contribution in [0.4, 0.5) is 0 Å². The van der Waals surface area contributed by atoms with E-state index in [-0.39, 0.29) is 0 Å². The van der Waals surface area contributed by atoms with Crippen molar-refractivity contribution >= 4 is 0 Å². The van der Waals surface area contributed by atoms with E-state index in [4.69, 9.17) is 4.74 Å². The van der Waals surface area contributed by atoms with Crippen LogP contribution in [0.3, 0.4) is 0 Å². The van der Waals surface area contributed by atoms with Gasteiger partial charge in [-0.05, 0) is 31.0 Å². The van der Waals surface area contributed by atoms with Crippen molar-refractivity contribution in [3.63, 3.8) is 0 Å². The standard InChI is InChI=1S/C14H21NO/c1-3-13(15-4-2)11-9-10-16-14-8-6-5-7-12(11)14/h5-8,11,13,15H,3-4,9-10H2,1-2H3. The van der Waals surface area contributed by atoms with Crippen LogP contribution in [-0.4, -0.2) is 19.2 Å². The molecule has 1 aromatic carbocycles. The molecule has 0 aliphatic carbocycles. The highest BCUT2D eigenvalue weighted by Crippen LogP contribution is 2.36. The number of para-hydroxylation sites is 1. The lowest BCUT2D eigenvalue weighted by Crippen LogP contribution is -2.36. The minimum absolute atomic E-state index is 0.579. The molecule has 0 spiro atoms. The molecule has 0 saturated heterocycles. The third-order valence-corrected chi connectivity index (χ3v) is 3.40. The van der Waals surface area contributed by atoms with Gasteiger partial charge in [0, 0.05) is 12.0 Å². The van der Waals surface area contributed by atoms with Crippen LogP contribution in [0.25, 0.3) is 0 Å². The van der Waals surface area contributed by atoms with Gasteiger partial charge in [-0.1, -0.05) is 32.0 Å². The Kier molecular flexibility index (Phi) is 3.83. The first kappa shape index (κ1) is 11.5. The monoisotopic (exact) mass is 219 g/mol. The number of benzene rings is 1. The van der Waals surface area contributed by atoms with E-state index in [1.54, 1.807) is 0 Å². The summed E-state index contributed by atoms with van der Waals surface area (Å²) in [5, 5.41) is 3.59. The lowest BCUT2D eigenvalue weighted by atomic mass is 9.85. The van der Waals surface area contributed by atoms with E-state index in [0.29, 0.717) is 12.0 Å². The van der Waals surface area contributed by atoms with Crippen LogP contribution < -0.4 is 10.1 Å². The molecule has 0 bridgehead atoms. The van der Waals surface area contributed by atoms with E-state index >= 15 is 0 Å². The predicted octanol–water partition coefficient (Wildman–Crippen LogP) is 2.94. The molecule has 0 fully saturated rings. The Hall–Kier alpha value is -1.02. The molecule has 2 atom stereocenters. The topological polar surface area (TPSA) is 21.3 Å². The first-order valence-electron chi connectivity index (χ1n) is 6.32. The maximum absolute atomic E-state index is 5.70. The summed E-state index contributed by atoms with van der Waals surface area (Å²) >= 11 is 0. The summed E-state index contributed by atoms with van der Waals surface area (Å²) in [5.41, 5.74) is 1.38. The maximum Gasteiger partial charge on any atom is 0.122 e. The Labute approximate surface area is 98.0 Å². The van der Waals surface area contributed by atoms with Crippen molar-refractivity contribution in [2.45, 2.75) is 38.6 Å². The fourth-order valence-corrected chi connectivity index (χ4v) is 2.62. The largest absolute Gasteiger partial charge is 0.493 e. The van der Waals surface area contributed by atoms with Crippen molar-refractivity contribution in [2.75, 3.05) is 13.2 Å². The van der Waals surface area contributed by atoms with Crippen LogP contribution in [0.1, 0.15) is 38.2 Å². The number of hydrogen-bond acceptors (Lipinski definition) is 2. The molecule has 0 amide bonds. The van der Waals surface area contributed by atoms with E-state index in [2.05, 4.69) is 43.4 Å². The van der Waals surface area contributed by atoms with E-state index in [1.807, 2.05) is 0 Å². The molecule has 0 radical (unpaired) electrons. The number of likely N-dealkylation sites (N-methyl/N-ethyl adjacent to an activating group) is 1. The molecule has 88 valence electrons. The van der Waals surface area contributed by atoms with Gasteiger partial charge in [0.1, 0.15) is 5.75 Å². The summed E-state index contributed by atoms with van der Waals surface area (Å²) in [5.74, 6) is 1.69. The van der Waals surface area contributed by atoms with Gasteiger partial charge in [0.15, 0.2) is 0 Å². The highest BCUT2D eigenvalue weighted by Gasteiger charge is 2.26. The lowest BCUT2D eigenvalue weighted by molar-refractivity contribution is 0.244. The van der Waals surface area contributed by atoms with Crippen molar-refractivity contribution < 1.29 is 4.74 Å². The zero-order chi connectivity index (χ0) is 11.4. The van der Waals surface area contributed by atoms with Gasteiger partial charge in [-0.25, -0.2) is 0 Å². The van der Waals surface area contributed by atoms with Gasteiger partial charge >= 0.3 is 0 Å². The highest BCUT2D eigenvalue weighted by molar-refractivity contribution is 5.38. The van der Waals surface area contributed by atoms with Gasteiger partial charge in [0.05, 0.1) is 6.61 Å². The van der Waals surface area contributed by atoms with E-state index in [9.17, 15) is 0 Å².